The number of primary amides is 1. The van der Waals surface area contributed by atoms with Gasteiger partial charge in [-0.3, -0.25) is 4.79 Å². The molecule has 0 unspecified atom stereocenters. The average molecular weight is 404 g/mol. The molecule has 0 saturated heterocycles. The van der Waals surface area contributed by atoms with Crippen LogP contribution in [-0.4, -0.2) is 39.1 Å². The van der Waals surface area contributed by atoms with Crippen molar-refractivity contribution in [2.75, 3.05) is 19.8 Å². The molecule has 7 nitrogen and oxygen atoms in total. The zero-order chi connectivity index (χ0) is 17.0. The molecule has 1 heterocycles. The number of fused-ring (bicyclic) bond motifs is 1. The number of amides is 1. The van der Waals surface area contributed by atoms with E-state index >= 15 is 0 Å². The lowest BCUT2D eigenvalue weighted by Gasteiger charge is -2.07. The molecule has 2 aromatic rings. The van der Waals surface area contributed by atoms with Gasteiger partial charge in [-0.2, -0.15) is 0 Å². The molecule has 0 fully saturated rings. The molecule has 0 saturated carbocycles. The van der Waals surface area contributed by atoms with Gasteiger partial charge in [0.1, 0.15) is 10.6 Å². The van der Waals surface area contributed by atoms with Crippen LogP contribution in [0.4, 0.5) is 0 Å². The third-order valence-electron chi connectivity index (χ3n) is 3.19. The quantitative estimate of drug-likeness (QED) is 0.582. The molecule has 0 radical (unpaired) electrons. The minimum absolute atomic E-state index is 0.127. The Morgan fingerprint density at radius 1 is 1.43 bits per heavy atom. The average Bonchev–Trinajstić information content (AvgIpc) is 2.86. The largest absolute Gasteiger partial charge is 0.382 e. The van der Waals surface area contributed by atoms with Gasteiger partial charge in [0.05, 0.1) is 0 Å². The summed E-state index contributed by atoms with van der Waals surface area (Å²) in [5.74, 6) is -0.827. The molecule has 4 N–H and O–H groups in total. The third kappa shape index (κ3) is 4.11. The highest BCUT2D eigenvalue weighted by molar-refractivity contribution is 9.10. The molecule has 2 rings (SSSR count). The summed E-state index contributed by atoms with van der Waals surface area (Å²) in [7, 11) is -3.88. The van der Waals surface area contributed by atoms with Crippen molar-refractivity contribution in [3.8, 4) is 0 Å². The molecule has 0 aliphatic rings. The van der Waals surface area contributed by atoms with Gasteiger partial charge >= 0.3 is 0 Å². The Morgan fingerprint density at radius 3 is 2.83 bits per heavy atom. The summed E-state index contributed by atoms with van der Waals surface area (Å²) in [5, 5.41) is 0.408. The number of aromatic amines is 1. The van der Waals surface area contributed by atoms with E-state index in [2.05, 4.69) is 25.6 Å². The highest BCUT2D eigenvalue weighted by atomic mass is 79.9. The highest BCUT2D eigenvalue weighted by Crippen LogP contribution is 2.29. The predicted molar refractivity (Wildman–Crippen MR) is 90.8 cm³/mol. The van der Waals surface area contributed by atoms with E-state index in [0.717, 1.165) is 0 Å². The van der Waals surface area contributed by atoms with Crippen molar-refractivity contribution >= 4 is 42.8 Å². The third-order valence-corrected chi connectivity index (χ3v) is 5.23. The Bertz CT molecular complexity index is 817. The van der Waals surface area contributed by atoms with Crippen molar-refractivity contribution in [1.82, 2.24) is 9.71 Å². The number of aromatic nitrogens is 1. The summed E-state index contributed by atoms with van der Waals surface area (Å²) in [5.41, 5.74) is 5.71. The smallest absolute Gasteiger partial charge is 0.266 e. The van der Waals surface area contributed by atoms with E-state index in [1.54, 1.807) is 18.2 Å². The second-order valence-corrected chi connectivity index (χ2v) is 7.45. The van der Waals surface area contributed by atoms with Crippen LogP contribution in [0.3, 0.4) is 0 Å². The highest BCUT2D eigenvalue weighted by Gasteiger charge is 2.26. The van der Waals surface area contributed by atoms with E-state index < -0.39 is 15.9 Å². The molecule has 23 heavy (non-hydrogen) atoms. The van der Waals surface area contributed by atoms with Crippen LogP contribution in [0, 0.1) is 0 Å². The second-order valence-electron chi connectivity index (χ2n) is 4.83. The van der Waals surface area contributed by atoms with E-state index in [1.165, 1.54) is 0 Å². The summed E-state index contributed by atoms with van der Waals surface area (Å²) < 4.78 is 33.5. The summed E-state index contributed by atoms with van der Waals surface area (Å²) in [6.07, 6.45) is 0.533. The number of nitrogens with one attached hydrogen (secondary N) is 2. The first-order chi connectivity index (χ1) is 10.9. The van der Waals surface area contributed by atoms with Crippen LogP contribution in [-0.2, 0) is 14.8 Å². The minimum Gasteiger partial charge on any atom is -0.382 e. The van der Waals surface area contributed by atoms with Crippen LogP contribution in [0.15, 0.2) is 27.6 Å². The van der Waals surface area contributed by atoms with Crippen LogP contribution in [0.2, 0.25) is 0 Å². The number of carbonyl (C=O) groups excluding carboxylic acids is 1. The molecule has 1 amide bonds. The molecule has 9 heteroatoms. The molecular weight excluding hydrogens is 386 g/mol. The van der Waals surface area contributed by atoms with Gasteiger partial charge in [0.15, 0.2) is 0 Å². The fourth-order valence-electron chi connectivity index (χ4n) is 2.19. The van der Waals surface area contributed by atoms with Crippen molar-refractivity contribution in [2.45, 2.75) is 18.2 Å². The molecular formula is C14H18BrN3O4S. The molecule has 1 aromatic heterocycles. The summed E-state index contributed by atoms with van der Waals surface area (Å²) in [6.45, 7) is 3.12. The Labute approximate surface area is 142 Å². The Kier molecular flexibility index (Phi) is 5.79. The number of carbonyl (C=O) groups is 1. The van der Waals surface area contributed by atoms with E-state index in [9.17, 15) is 13.2 Å². The molecule has 0 atom stereocenters. The number of ether oxygens (including phenoxy) is 1. The lowest BCUT2D eigenvalue weighted by Crippen LogP contribution is -2.28. The van der Waals surface area contributed by atoms with Gasteiger partial charge in [-0.25, -0.2) is 13.1 Å². The van der Waals surface area contributed by atoms with Crippen LogP contribution in [0.25, 0.3) is 10.9 Å². The van der Waals surface area contributed by atoms with E-state index in [-0.39, 0.29) is 17.1 Å². The normalized spacial score (nSPS) is 11.9. The number of nitrogens with two attached hydrogens (primary N) is 1. The zero-order valence-corrected chi connectivity index (χ0v) is 15.0. The van der Waals surface area contributed by atoms with Crippen molar-refractivity contribution in [3.05, 3.63) is 28.4 Å². The first-order valence-electron chi connectivity index (χ1n) is 7.05. The number of halogens is 1. The van der Waals surface area contributed by atoms with Crippen molar-refractivity contribution in [2.24, 2.45) is 5.73 Å². The summed E-state index contributed by atoms with van der Waals surface area (Å²) >= 11 is 3.30. The SMILES string of the molecule is CCOCCCNS(=O)(=O)c1c(C(N)=O)[nH]c2ccc(Br)cc12. The zero-order valence-electron chi connectivity index (χ0n) is 12.6. The van der Waals surface area contributed by atoms with Crippen LogP contribution in [0.1, 0.15) is 23.8 Å². The first-order valence-corrected chi connectivity index (χ1v) is 9.33. The standard InChI is InChI=1S/C14H18BrN3O4S/c1-2-22-7-3-6-17-23(20,21)13-10-8-9(15)4-5-11(10)18-12(13)14(16)19/h4-5,8,17-18H,2-3,6-7H2,1H3,(H2,16,19). The van der Waals surface area contributed by atoms with Crippen molar-refractivity contribution < 1.29 is 17.9 Å². The molecule has 0 aliphatic heterocycles. The molecule has 1 aromatic carbocycles. The lowest BCUT2D eigenvalue weighted by molar-refractivity contribution is 0.0993. The second kappa shape index (κ2) is 7.43. The van der Waals surface area contributed by atoms with Gasteiger partial charge < -0.3 is 15.5 Å². The molecule has 0 spiro atoms. The number of hydrogen-bond acceptors (Lipinski definition) is 4. The van der Waals surface area contributed by atoms with Gasteiger partial charge in [-0.05, 0) is 31.5 Å². The van der Waals surface area contributed by atoms with Crippen LogP contribution < -0.4 is 10.5 Å². The van der Waals surface area contributed by atoms with Crippen molar-refractivity contribution in [1.29, 1.82) is 0 Å². The van der Waals surface area contributed by atoms with Gasteiger partial charge in [-0.15, -0.1) is 0 Å². The van der Waals surface area contributed by atoms with Gasteiger partial charge in [0.2, 0.25) is 10.0 Å². The fourth-order valence-corrected chi connectivity index (χ4v) is 3.99. The number of sulfonamides is 1. The van der Waals surface area contributed by atoms with Crippen LogP contribution >= 0.6 is 15.9 Å². The number of H-pyrrole nitrogens is 1. The van der Waals surface area contributed by atoms with E-state index in [4.69, 9.17) is 10.5 Å². The molecule has 0 bridgehead atoms. The Morgan fingerprint density at radius 2 is 2.17 bits per heavy atom. The van der Waals surface area contributed by atoms with Gasteiger partial charge in [-0.1, -0.05) is 15.9 Å². The van der Waals surface area contributed by atoms with Crippen molar-refractivity contribution in [3.63, 3.8) is 0 Å². The number of hydrogen-bond donors (Lipinski definition) is 3. The van der Waals surface area contributed by atoms with E-state index in [1.807, 2.05) is 6.92 Å². The Hall–Kier alpha value is -1.42. The lowest BCUT2D eigenvalue weighted by atomic mass is 10.2. The predicted octanol–water partition coefficient (Wildman–Crippen LogP) is 1.73. The maximum absolute atomic E-state index is 12.6. The van der Waals surface area contributed by atoms with E-state index in [0.29, 0.717) is 35.0 Å². The fraction of sp³-hybridized carbons (Fsp3) is 0.357. The monoisotopic (exact) mass is 403 g/mol. The molecule has 0 aliphatic carbocycles. The summed E-state index contributed by atoms with van der Waals surface area (Å²) in [6, 6.07) is 5.06. The number of benzene rings is 1. The first kappa shape index (κ1) is 17.9. The molecule has 126 valence electrons. The summed E-state index contributed by atoms with van der Waals surface area (Å²) in [4.78, 5) is 14.2. The van der Waals surface area contributed by atoms with Gasteiger partial charge in [0.25, 0.3) is 5.91 Å². The minimum atomic E-state index is -3.88. The number of rotatable bonds is 8. The Balaban J connectivity index is 2.37. The van der Waals surface area contributed by atoms with Crippen LogP contribution in [0.5, 0.6) is 0 Å². The van der Waals surface area contributed by atoms with Gasteiger partial charge in [0, 0.05) is 35.1 Å². The maximum Gasteiger partial charge on any atom is 0.266 e. The topological polar surface area (TPSA) is 114 Å². The maximum atomic E-state index is 12.6.